The van der Waals surface area contributed by atoms with Crippen LogP contribution < -0.4 is 5.14 Å². The van der Waals surface area contributed by atoms with Gasteiger partial charge in [0.25, 0.3) is 0 Å². The summed E-state index contributed by atoms with van der Waals surface area (Å²) in [6.45, 7) is 0. The maximum absolute atomic E-state index is 11.0. The molecule has 0 unspecified atom stereocenters. The Morgan fingerprint density at radius 2 is 1.57 bits per heavy atom. The van der Waals surface area contributed by atoms with Crippen LogP contribution in [0.3, 0.4) is 0 Å². The quantitative estimate of drug-likeness (QED) is 0.496. The Morgan fingerprint density at radius 1 is 1.43 bits per heavy atom. The minimum Gasteiger partial charge on any atom is -0.281 e. The monoisotopic (exact) mass is 133 g/mol. The van der Waals surface area contributed by atoms with Gasteiger partial charge in [-0.05, 0) is 0 Å². The molecule has 0 aliphatic carbocycles. The normalized spacial score (nSPS) is 15.1. The molecule has 0 aromatic heterocycles. The standard InChI is InChI=1S/CH5F2NO2S/c2-1(3)7(4,5)6/h1,5-6H,4H2. The Hall–Kier alpha value is 0.0900. The van der Waals surface area contributed by atoms with Gasteiger partial charge in [0.1, 0.15) is 0 Å². The van der Waals surface area contributed by atoms with Crippen molar-refractivity contribution in [3.05, 3.63) is 0 Å². The fraction of sp³-hybridized carbons (Fsp3) is 1.00. The molecule has 4 N–H and O–H groups in total. The molecule has 46 valence electrons. The maximum Gasteiger partial charge on any atom is 0.339 e. The molecule has 0 heterocycles. The molecular weight excluding hydrogens is 128 g/mol. The summed E-state index contributed by atoms with van der Waals surface area (Å²) in [5.74, 6) is -3.23. The highest BCUT2D eigenvalue weighted by Crippen LogP contribution is 2.36. The van der Waals surface area contributed by atoms with E-state index in [9.17, 15) is 8.78 Å². The van der Waals surface area contributed by atoms with E-state index < -0.39 is 16.5 Å². The summed E-state index contributed by atoms with van der Waals surface area (Å²) in [6, 6.07) is 0. The van der Waals surface area contributed by atoms with Crippen molar-refractivity contribution in [1.29, 1.82) is 0 Å². The summed E-state index contributed by atoms with van der Waals surface area (Å²) in [7, 11) is -4.07. The van der Waals surface area contributed by atoms with Crippen molar-refractivity contribution >= 4 is 10.8 Å². The van der Waals surface area contributed by atoms with Gasteiger partial charge in [-0.3, -0.25) is 9.11 Å². The lowest BCUT2D eigenvalue weighted by Crippen LogP contribution is -2.15. The van der Waals surface area contributed by atoms with Crippen LogP contribution in [-0.4, -0.2) is 14.9 Å². The third-order valence-electron chi connectivity index (χ3n) is 0.262. The molecule has 0 spiro atoms. The van der Waals surface area contributed by atoms with Crippen molar-refractivity contribution in [2.45, 2.75) is 5.76 Å². The topological polar surface area (TPSA) is 66.5 Å². The van der Waals surface area contributed by atoms with E-state index in [2.05, 4.69) is 5.14 Å². The van der Waals surface area contributed by atoms with Gasteiger partial charge in [-0.15, -0.1) is 0 Å². The zero-order chi connectivity index (χ0) is 6.08. The first-order valence-corrected chi connectivity index (χ1v) is 2.95. The van der Waals surface area contributed by atoms with E-state index in [1.807, 2.05) is 0 Å². The lowest BCUT2D eigenvalue weighted by molar-refractivity contribution is 0.215. The van der Waals surface area contributed by atoms with Crippen LogP contribution >= 0.6 is 10.8 Å². The summed E-state index contributed by atoms with van der Waals surface area (Å²) in [5.41, 5.74) is 0. The van der Waals surface area contributed by atoms with Crippen LogP contribution in [0.2, 0.25) is 0 Å². The third kappa shape index (κ3) is 2.75. The van der Waals surface area contributed by atoms with Crippen molar-refractivity contribution < 1.29 is 17.9 Å². The van der Waals surface area contributed by atoms with E-state index in [-0.39, 0.29) is 0 Å². The van der Waals surface area contributed by atoms with Gasteiger partial charge >= 0.3 is 5.76 Å². The van der Waals surface area contributed by atoms with Gasteiger partial charge in [0.15, 0.2) is 0 Å². The second kappa shape index (κ2) is 1.91. The first kappa shape index (κ1) is 7.09. The molecule has 0 aliphatic rings. The van der Waals surface area contributed by atoms with Crippen molar-refractivity contribution in [1.82, 2.24) is 0 Å². The first-order valence-electron chi connectivity index (χ1n) is 1.27. The van der Waals surface area contributed by atoms with Crippen LogP contribution in [-0.2, 0) is 0 Å². The lowest BCUT2D eigenvalue weighted by Gasteiger charge is -2.23. The maximum atomic E-state index is 11.0. The number of halogens is 2. The zero-order valence-electron chi connectivity index (χ0n) is 3.21. The Morgan fingerprint density at radius 3 is 1.57 bits per heavy atom. The van der Waals surface area contributed by atoms with Crippen LogP contribution in [0.15, 0.2) is 0 Å². The molecule has 0 amide bonds. The van der Waals surface area contributed by atoms with Crippen molar-refractivity contribution in [2.75, 3.05) is 0 Å². The van der Waals surface area contributed by atoms with Crippen LogP contribution in [0.25, 0.3) is 0 Å². The molecule has 0 saturated carbocycles. The molecular formula is CH5F2NO2S. The van der Waals surface area contributed by atoms with Gasteiger partial charge in [0, 0.05) is 0 Å². The highest BCUT2D eigenvalue weighted by molar-refractivity contribution is 8.22. The van der Waals surface area contributed by atoms with Crippen molar-refractivity contribution in [2.24, 2.45) is 5.14 Å². The summed E-state index contributed by atoms with van der Waals surface area (Å²) in [6.07, 6.45) is 0. The van der Waals surface area contributed by atoms with E-state index in [1.54, 1.807) is 0 Å². The number of hydrogen-bond acceptors (Lipinski definition) is 3. The highest BCUT2D eigenvalue weighted by atomic mass is 32.3. The minimum atomic E-state index is -4.07. The van der Waals surface area contributed by atoms with Gasteiger partial charge in [0.2, 0.25) is 0 Å². The molecule has 0 atom stereocenters. The number of nitrogens with two attached hydrogens (primary N) is 1. The Labute approximate surface area is 40.6 Å². The SMILES string of the molecule is NS(O)(O)C(F)F. The Balaban J connectivity index is 3.54. The van der Waals surface area contributed by atoms with E-state index >= 15 is 0 Å². The predicted molar refractivity (Wildman–Crippen MR) is 23.0 cm³/mol. The summed E-state index contributed by atoms with van der Waals surface area (Å²) in [5, 5.41) is 4.12. The van der Waals surface area contributed by atoms with Gasteiger partial charge < -0.3 is 0 Å². The average Bonchev–Trinajstić information content (AvgIpc) is 1.31. The van der Waals surface area contributed by atoms with Crippen LogP contribution in [0.1, 0.15) is 0 Å². The molecule has 6 heteroatoms. The molecule has 0 aromatic carbocycles. The van der Waals surface area contributed by atoms with Gasteiger partial charge in [-0.25, -0.2) is 5.14 Å². The second-order valence-corrected chi connectivity index (χ2v) is 2.54. The molecule has 0 fully saturated rings. The molecule has 0 aliphatic heterocycles. The molecule has 0 radical (unpaired) electrons. The summed E-state index contributed by atoms with van der Waals surface area (Å²) >= 11 is 0. The molecule has 7 heavy (non-hydrogen) atoms. The Bertz CT molecular complexity index is 61.2. The summed E-state index contributed by atoms with van der Waals surface area (Å²) in [4.78, 5) is 0. The van der Waals surface area contributed by atoms with Crippen LogP contribution in [0.5, 0.6) is 0 Å². The second-order valence-electron chi connectivity index (χ2n) is 0.900. The molecule has 3 nitrogen and oxygen atoms in total. The van der Waals surface area contributed by atoms with Crippen LogP contribution in [0.4, 0.5) is 8.78 Å². The largest absolute Gasteiger partial charge is 0.339 e. The van der Waals surface area contributed by atoms with Gasteiger partial charge in [-0.1, -0.05) is 10.8 Å². The fourth-order valence-corrected chi connectivity index (χ4v) is 0. The fourth-order valence-electron chi connectivity index (χ4n) is 0. The third-order valence-corrected chi connectivity index (χ3v) is 0.787. The molecule has 0 rings (SSSR count). The molecule has 0 aromatic rings. The molecule has 0 bridgehead atoms. The zero-order valence-corrected chi connectivity index (χ0v) is 4.03. The summed E-state index contributed by atoms with van der Waals surface area (Å²) < 4.78 is 37.4. The average molecular weight is 133 g/mol. The highest BCUT2D eigenvalue weighted by Gasteiger charge is 2.17. The van der Waals surface area contributed by atoms with Gasteiger partial charge in [0.05, 0.1) is 0 Å². The van der Waals surface area contributed by atoms with E-state index in [4.69, 9.17) is 9.11 Å². The number of rotatable bonds is 1. The minimum absolute atomic E-state index is 3.23. The smallest absolute Gasteiger partial charge is 0.281 e. The van der Waals surface area contributed by atoms with Gasteiger partial charge in [-0.2, -0.15) is 8.78 Å². The number of hydrogen-bond donors (Lipinski definition) is 3. The van der Waals surface area contributed by atoms with E-state index in [0.29, 0.717) is 0 Å². The van der Waals surface area contributed by atoms with E-state index in [1.165, 1.54) is 0 Å². The van der Waals surface area contributed by atoms with Crippen molar-refractivity contribution in [3.63, 3.8) is 0 Å². The Kier molecular flexibility index (Phi) is 1.93. The first-order chi connectivity index (χ1) is 2.94. The number of alkyl halides is 2. The lowest BCUT2D eigenvalue weighted by atomic mass is 11.7. The van der Waals surface area contributed by atoms with Crippen molar-refractivity contribution in [3.8, 4) is 0 Å². The van der Waals surface area contributed by atoms with Crippen LogP contribution in [0, 0.1) is 0 Å². The molecule has 0 saturated heterocycles. The predicted octanol–water partition coefficient (Wildman–Crippen LogP) is 0.833. The van der Waals surface area contributed by atoms with E-state index in [0.717, 1.165) is 0 Å².